The van der Waals surface area contributed by atoms with Gasteiger partial charge in [-0.3, -0.25) is 10.1 Å². The molecule has 0 aliphatic heterocycles. The van der Waals surface area contributed by atoms with E-state index in [9.17, 15) is 9.59 Å². The van der Waals surface area contributed by atoms with Crippen molar-refractivity contribution < 1.29 is 14.3 Å². The Kier molecular flexibility index (Phi) is 9.50. The molecule has 4 N–H and O–H groups in total. The van der Waals surface area contributed by atoms with Crippen LogP contribution in [0, 0.1) is 11.3 Å². The Balaban J connectivity index is 1.36. The van der Waals surface area contributed by atoms with Crippen molar-refractivity contribution in [1.82, 2.24) is 10.3 Å². The third-order valence-electron chi connectivity index (χ3n) is 5.43. The van der Waals surface area contributed by atoms with Gasteiger partial charge in [-0.15, -0.1) is 11.3 Å². The molecule has 40 heavy (non-hydrogen) atoms. The molecule has 9 nitrogen and oxygen atoms in total. The van der Waals surface area contributed by atoms with Crippen molar-refractivity contribution in [2.45, 2.75) is 32.9 Å². The van der Waals surface area contributed by atoms with Crippen LogP contribution in [0.25, 0.3) is 10.4 Å². The topological polar surface area (TPSA) is 128 Å². The number of hydrogen-bond acceptors (Lipinski definition) is 9. The van der Waals surface area contributed by atoms with Crippen LogP contribution in [0.1, 0.15) is 41.6 Å². The number of nitrogens with zero attached hydrogens (tertiary/aromatic N) is 2. The van der Waals surface area contributed by atoms with Gasteiger partial charge >= 0.3 is 6.09 Å². The van der Waals surface area contributed by atoms with Gasteiger partial charge < -0.3 is 20.7 Å². The van der Waals surface area contributed by atoms with Crippen molar-refractivity contribution in [3.8, 4) is 16.5 Å². The van der Waals surface area contributed by atoms with Gasteiger partial charge in [0.25, 0.3) is 5.91 Å². The Bertz CT molecular complexity index is 1490. The lowest BCUT2D eigenvalue weighted by molar-refractivity contribution is 0.0635. The Hall–Kier alpha value is -4.24. The Morgan fingerprint density at radius 3 is 2.52 bits per heavy atom. The summed E-state index contributed by atoms with van der Waals surface area (Å²) in [5, 5.41) is 23.7. The van der Waals surface area contributed by atoms with Crippen LogP contribution in [0.4, 0.5) is 21.3 Å². The van der Waals surface area contributed by atoms with Crippen molar-refractivity contribution in [2.75, 3.05) is 29.0 Å². The number of aromatic nitrogens is 1. The summed E-state index contributed by atoms with van der Waals surface area (Å²) in [5.41, 5.74) is 2.88. The van der Waals surface area contributed by atoms with Crippen LogP contribution < -0.4 is 21.3 Å². The molecule has 0 saturated heterocycles. The van der Waals surface area contributed by atoms with Gasteiger partial charge in [-0.25, -0.2) is 9.78 Å². The molecule has 11 heteroatoms. The van der Waals surface area contributed by atoms with Gasteiger partial charge in [0.15, 0.2) is 5.13 Å². The molecule has 0 bridgehead atoms. The second-order valence-electron chi connectivity index (χ2n) is 9.76. The smallest absolute Gasteiger partial charge is 0.412 e. The number of anilines is 3. The summed E-state index contributed by atoms with van der Waals surface area (Å²) in [6, 6.07) is 19.0. The van der Waals surface area contributed by atoms with Gasteiger partial charge in [-0.05, 0) is 67.6 Å². The molecule has 206 valence electrons. The van der Waals surface area contributed by atoms with Crippen molar-refractivity contribution in [3.63, 3.8) is 0 Å². The zero-order valence-corrected chi connectivity index (χ0v) is 24.0. The van der Waals surface area contributed by atoms with Crippen LogP contribution in [0.2, 0.25) is 0 Å². The number of thiophene rings is 1. The number of amides is 2. The molecule has 0 saturated carbocycles. The lowest BCUT2D eigenvalue weighted by Crippen LogP contribution is -2.27. The lowest BCUT2D eigenvalue weighted by atomic mass is 10.1. The Morgan fingerprint density at radius 2 is 1.82 bits per heavy atom. The number of nitriles is 1. The molecule has 2 heterocycles. The van der Waals surface area contributed by atoms with Crippen LogP contribution in [-0.2, 0) is 11.3 Å². The average molecular weight is 575 g/mol. The summed E-state index contributed by atoms with van der Waals surface area (Å²) in [6.07, 6.45) is 0.917. The standard InChI is InChI=1S/C29H30N6O3S2/c1-29(2,3)38-28(37)35-22-11-10-21(24-5-4-14-39-24)15-23(22)34-26(36)25-18-33-27(40-25)32-13-12-31-17-20-8-6-19(16-30)7-9-20/h4-11,14-15,18,31H,12-13,17H2,1-3H3,(H,32,33)(H,34,36)(H,35,37). The van der Waals surface area contributed by atoms with E-state index in [4.69, 9.17) is 10.00 Å². The van der Waals surface area contributed by atoms with Crippen molar-refractivity contribution >= 4 is 51.2 Å². The summed E-state index contributed by atoms with van der Waals surface area (Å²) in [7, 11) is 0. The van der Waals surface area contributed by atoms with E-state index >= 15 is 0 Å². The lowest BCUT2D eigenvalue weighted by Gasteiger charge is -2.20. The Labute approximate surface area is 241 Å². The highest BCUT2D eigenvalue weighted by Crippen LogP contribution is 2.32. The van der Waals surface area contributed by atoms with E-state index in [0.29, 0.717) is 46.6 Å². The van der Waals surface area contributed by atoms with Crippen molar-refractivity contribution in [2.24, 2.45) is 0 Å². The molecule has 0 spiro atoms. The summed E-state index contributed by atoms with van der Waals surface area (Å²) in [4.78, 5) is 31.3. The van der Waals surface area contributed by atoms with E-state index in [1.165, 1.54) is 17.5 Å². The summed E-state index contributed by atoms with van der Waals surface area (Å²) in [6.45, 7) is 7.36. The monoisotopic (exact) mass is 574 g/mol. The van der Waals surface area contributed by atoms with E-state index in [2.05, 4.69) is 32.3 Å². The van der Waals surface area contributed by atoms with Crippen LogP contribution in [0.5, 0.6) is 0 Å². The fraction of sp³-hybridized carbons (Fsp3) is 0.241. The van der Waals surface area contributed by atoms with Crippen LogP contribution in [-0.4, -0.2) is 35.7 Å². The highest BCUT2D eigenvalue weighted by atomic mass is 32.1. The van der Waals surface area contributed by atoms with Gasteiger partial charge in [0.05, 0.1) is 29.2 Å². The quantitative estimate of drug-likeness (QED) is 0.158. The third kappa shape index (κ3) is 8.38. The van der Waals surface area contributed by atoms with Gasteiger partial charge in [0.1, 0.15) is 10.5 Å². The predicted molar refractivity (Wildman–Crippen MR) is 161 cm³/mol. The number of rotatable bonds is 10. The summed E-state index contributed by atoms with van der Waals surface area (Å²) < 4.78 is 5.39. The van der Waals surface area contributed by atoms with Crippen LogP contribution in [0.15, 0.2) is 66.2 Å². The first-order chi connectivity index (χ1) is 19.2. The molecular weight excluding hydrogens is 544 g/mol. The highest BCUT2D eigenvalue weighted by molar-refractivity contribution is 7.17. The highest BCUT2D eigenvalue weighted by Gasteiger charge is 2.19. The average Bonchev–Trinajstić information content (AvgIpc) is 3.62. The minimum Gasteiger partial charge on any atom is -0.444 e. The largest absolute Gasteiger partial charge is 0.444 e. The molecule has 0 radical (unpaired) electrons. The number of carbonyl (C=O) groups excluding carboxylic acids is 2. The van der Waals surface area contributed by atoms with Crippen molar-refractivity contribution in [3.05, 3.63) is 82.2 Å². The Morgan fingerprint density at radius 1 is 1.02 bits per heavy atom. The minimum atomic E-state index is -0.657. The fourth-order valence-corrected chi connectivity index (χ4v) is 5.06. The van der Waals surface area contributed by atoms with E-state index in [1.54, 1.807) is 50.3 Å². The molecule has 4 aromatic rings. The zero-order valence-electron chi connectivity index (χ0n) is 22.4. The molecule has 0 aliphatic rings. The van der Waals surface area contributed by atoms with Gasteiger partial charge in [0.2, 0.25) is 0 Å². The normalized spacial score (nSPS) is 10.9. The number of hydrogen-bond donors (Lipinski definition) is 4. The van der Waals surface area contributed by atoms with E-state index in [0.717, 1.165) is 16.0 Å². The summed E-state index contributed by atoms with van der Waals surface area (Å²) in [5.74, 6) is -0.333. The maximum atomic E-state index is 13.1. The molecule has 0 aliphatic carbocycles. The third-order valence-corrected chi connectivity index (χ3v) is 7.30. The molecule has 0 atom stereocenters. The number of benzene rings is 2. The molecule has 2 amide bonds. The van der Waals surface area contributed by atoms with E-state index in [1.807, 2.05) is 41.8 Å². The van der Waals surface area contributed by atoms with Crippen LogP contribution >= 0.6 is 22.7 Å². The first-order valence-electron chi connectivity index (χ1n) is 12.6. The number of carbonyl (C=O) groups is 2. The molecular formula is C29H30N6O3S2. The number of thiazole rings is 1. The second kappa shape index (κ2) is 13.2. The predicted octanol–water partition coefficient (Wildman–Crippen LogP) is 6.54. The SMILES string of the molecule is CC(C)(C)OC(=O)Nc1ccc(-c2cccs2)cc1NC(=O)c1cnc(NCCNCc2ccc(C#N)cc2)s1. The number of ether oxygens (including phenoxy) is 1. The zero-order chi connectivity index (χ0) is 28.5. The molecule has 2 aromatic carbocycles. The molecule has 4 rings (SSSR count). The van der Waals surface area contributed by atoms with Gasteiger partial charge in [0, 0.05) is 24.5 Å². The first kappa shape index (κ1) is 28.8. The first-order valence-corrected chi connectivity index (χ1v) is 14.3. The van der Waals surface area contributed by atoms with E-state index in [-0.39, 0.29) is 5.91 Å². The fourth-order valence-electron chi connectivity index (χ4n) is 3.60. The molecule has 0 fully saturated rings. The second-order valence-corrected chi connectivity index (χ2v) is 11.7. The maximum Gasteiger partial charge on any atom is 0.412 e. The van der Waals surface area contributed by atoms with Gasteiger partial charge in [-0.1, -0.05) is 35.6 Å². The van der Waals surface area contributed by atoms with Crippen LogP contribution in [0.3, 0.4) is 0 Å². The minimum absolute atomic E-state index is 0.333. The maximum absolute atomic E-state index is 13.1. The number of nitrogens with one attached hydrogen (secondary N) is 4. The van der Waals surface area contributed by atoms with E-state index < -0.39 is 11.7 Å². The molecule has 0 unspecified atom stereocenters. The summed E-state index contributed by atoms with van der Waals surface area (Å²) >= 11 is 2.83. The van der Waals surface area contributed by atoms with Gasteiger partial charge in [-0.2, -0.15) is 5.26 Å². The molecule has 2 aromatic heterocycles. The van der Waals surface area contributed by atoms with Crippen molar-refractivity contribution in [1.29, 1.82) is 5.26 Å².